The first-order valence-electron chi connectivity index (χ1n) is 8.57. The fourth-order valence-corrected chi connectivity index (χ4v) is 3.01. The number of hydrogen-bond donors (Lipinski definition) is 0. The van der Waals surface area contributed by atoms with Crippen molar-refractivity contribution in [1.82, 2.24) is 0 Å². The molecule has 5 atom stereocenters. The molecule has 24 heavy (non-hydrogen) atoms. The van der Waals surface area contributed by atoms with Crippen LogP contribution in [0.3, 0.4) is 0 Å². The molecule has 3 nitrogen and oxygen atoms in total. The van der Waals surface area contributed by atoms with Crippen LogP contribution in [0.2, 0.25) is 0 Å². The summed E-state index contributed by atoms with van der Waals surface area (Å²) in [5.74, 6) is 1.96. The molecule has 1 saturated heterocycles. The van der Waals surface area contributed by atoms with E-state index in [1.807, 2.05) is 31.2 Å². The predicted molar refractivity (Wildman–Crippen MR) is 101 cm³/mol. The Bertz CT molecular complexity index is 460. The van der Waals surface area contributed by atoms with E-state index in [1.54, 1.807) is 14.0 Å². The molecule has 0 aromatic heterocycles. The van der Waals surface area contributed by atoms with Crippen LogP contribution in [0.5, 0.6) is 0 Å². The Hall–Kier alpha value is -1.19. The molecule has 1 aliphatic heterocycles. The van der Waals surface area contributed by atoms with Gasteiger partial charge in [-0.05, 0) is 32.1 Å². The number of ketones is 1. The zero-order valence-electron chi connectivity index (χ0n) is 15.6. The first-order valence-corrected chi connectivity index (χ1v) is 8.57. The van der Waals surface area contributed by atoms with Crippen molar-refractivity contribution in [3.63, 3.8) is 0 Å². The zero-order valence-corrected chi connectivity index (χ0v) is 15.6. The molecule has 3 heteroatoms. The summed E-state index contributed by atoms with van der Waals surface area (Å²) in [5, 5.41) is 0. The standard InChI is InChI=1S/C11H22O2.C9H10O.CH4/c1-6-10-8(3)7(2)9(4)11(12-5)13-10;1-7-3-5-9(6-4-7)8(2)10;/h7-11H,6H2,1-5H3;3-6H,1-2H3;1H4. The molecule has 0 bridgehead atoms. The highest BCUT2D eigenvalue weighted by Crippen LogP contribution is 2.36. The highest BCUT2D eigenvalue weighted by molar-refractivity contribution is 5.93. The Balaban J connectivity index is 0.000000436. The fraction of sp³-hybridized carbons (Fsp3) is 0.667. The molecule has 1 aromatic carbocycles. The Morgan fingerprint density at radius 2 is 1.62 bits per heavy atom. The smallest absolute Gasteiger partial charge is 0.160 e. The van der Waals surface area contributed by atoms with Crippen molar-refractivity contribution in [3.8, 4) is 0 Å². The third kappa shape index (κ3) is 6.03. The molecule has 0 radical (unpaired) electrons. The number of carbonyl (C=O) groups excluding carboxylic acids is 1. The highest BCUT2D eigenvalue weighted by atomic mass is 16.7. The number of carbonyl (C=O) groups is 1. The number of benzene rings is 1. The van der Waals surface area contributed by atoms with Crippen LogP contribution in [0.4, 0.5) is 0 Å². The van der Waals surface area contributed by atoms with Gasteiger partial charge in [0, 0.05) is 18.6 Å². The SMILES string of the molecule is C.CC(=O)c1ccc(C)cc1.CCC1OC(OC)C(C)C(C)C1C. The summed E-state index contributed by atoms with van der Waals surface area (Å²) in [7, 11) is 1.73. The van der Waals surface area contributed by atoms with Crippen molar-refractivity contribution in [2.24, 2.45) is 17.8 Å². The van der Waals surface area contributed by atoms with Crippen LogP contribution in [0.25, 0.3) is 0 Å². The molecule has 1 fully saturated rings. The molecule has 5 unspecified atom stereocenters. The highest BCUT2D eigenvalue weighted by Gasteiger charge is 2.38. The Morgan fingerprint density at radius 1 is 1.08 bits per heavy atom. The Kier molecular flexibility index (Phi) is 10.1. The summed E-state index contributed by atoms with van der Waals surface area (Å²) in [4.78, 5) is 10.8. The van der Waals surface area contributed by atoms with Crippen LogP contribution in [0.15, 0.2) is 24.3 Å². The van der Waals surface area contributed by atoms with Crippen molar-refractivity contribution >= 4 is 5.78 Å². The molecule has 0 N–H and O–H groups in total. The van der Waals surface area contributed by atoms with Crippen LogP contribution in [-0.2, 0) is 9.47 Å². The quantitative estimate of drug-likeness (QED) is 0.683. The number of rotatable bonds is 3. The normalized spacial score (nSPS) is 29.0. The van der Waals surface area contributed by atoms with Crippen molar-refractivity contribution in [2.45, 2.75) is 67.8 Å². The van der Waals surface area contributed by atoms with E-state index < -0.39 is 0 Å². The third-order valence-corrected chi connectivity index (χ3v) is 5.08. The van der Waals surface area contributed by atoms with Crippen LogP contribution in [0.1, 0.15) is 64.4 Å². The van der Waals surface area contributed by atoms with E-state index in [2.05, 4.69) is 27.7 Å². The lowest BCUT2D eigenvalue weighted by atomic mass is 9.78. The first-order chi connectivity index (χ1) is 10.8. The average Bonchev–Trinajstić information content (AvgIpc) is 2.54. The van der Waals surface area contributed by atoms with Gasteiger partial charge in [-0.1, -0.05) is 65.0 Å². The van der Waals surface area contributed by atoms with Gasteiger partial charge in [0.15, 0.2) is 12.1 Å². The van der Waals surface area contributed by atoms with Gasteiger partial charge in [0.05, 0.1) is 6.10 Å². The van der Waals surface area contributed by atoms with Gasteiger partial charge in [-0.3, -0.25) is 4.79 Å². The number of methoxy groups -OCH3 is 1. The number of hydrogen-bond acceptors (Lipinski definition) is 3. The molecule has 0 aliphatic carbocycles. The molecule has 138 valence electrons. The minimum Gasteiger partial charge on any atom is -0.356 e. The van der Waals surface area contributed by atoms with Crippen molar-refractivity contribution in [3.05, 3.63) is 35.4 Å². The molecular formula is C21H36O3. The van der Waals surface area contributed by atoms with Crippen LogP contribution < -0.4 is 0 Å². The van der Waals surface area contributed by atoms with Gasteiger partial charge >= 0.3 is 0 Å². The third-order valence-electron chi connectivity index (χ3n) is 5.08. The first kappa shape index (κ1) is 22.8. The Morgan fingerprint density at radius 3 is 2.04 bits per heavy atom. The van der Waals surface area contributed by atoms with Gasteiger partial charge in [-0.15, -0.1) is 0 Å². The average molecular weight is 337 g/mol. The lowest BCUT2D eigenvalue weighted by molar-refractivity contribution is -0.237. The van der Waals surface area contributed by atoms with E-state index in [4.69, 9.17) is 9.47 Å². The largest absolute Gasteiger partial charge is 0.356 e. The second-order valence-corrected chi connectivity index (χ2v) is 6.69. The van der Waals surface area contributed by atoms with Gasteiger partial charge < -0.3 is 9.47 Å². The van der Waals surface area contributed by atoms with E-state index >= 15 is 0 Å². The molecule has 1 heterocycles. The Labute approximate surface area is 148 Å². The van der Waals surface area contributed by atoms with Gasteiger partial charge in [0.25, 0.3) is 0 Å². The number of ether oxygens (including phenoxy) is 2. The van der Waals surface area contributed by atoms with E-state index in [9.17, 15) is 4.79 Å². The summed E-state index contributed by atoms with van der Waals surface area (Å²) in [5.41, 5.74) is 1.97. The van der Waals surface area contributed by atoms with Gasteiger partial charge in [-0.25, -0.2) is 0 Å². The fourth-order valence-electron chi connectivity index (χ4n) is 3.01. The molecule has 1 aromatic rings. The van der Waals surface area contributed by atoms with Gasteiger partial charge in [0.2, 0.25) is 0 Å². The maximum atomic E-state index is 10.8. The van der Waals surface area contributed by atoms with Crippen LogP contribution in [0, 0.1) is 24.7 Å². The van der Waals surface area contributed by atoms with Crippen LogP contribution >= 0.6 is 0 Å². The maximum Gasteiger partial charge on any atom is 0.160 e. The lowest BCUT2D eigenvalue weighted by Crippen LogP contribution is -2.45. The summed E-state index contributed by atoms with van der Waals surface area (Å²) in [6.07, 6.45) is 1.45. The van der Waals surface area contributed by atoms with E-state index in [1.165, 1.54) is 5.56 Å². The number of Topliss-reactive ketones (excluding diaryl/α,β-unsaturated/α-hetero) is 1. The monoisotopic (exact) mass is 336 g/mol. The minimum atomic E-state index is -0.00356. The number of aryl methyl sites for hydroxylation is 1. The van der Waals surface area contributed by atoms with Crippen molar-refractivity contribution in [2.75, 3.05) is 7.11 Å². The van der Waals surface area contributed by atoms with Crippen LogP contribution in [-0.4, -0.2) is 25.3 Å². The van der Waals surface area contributed by atoms with Gasteiger partial charge in [-0.2, -0.15) is 0 Å². The molecule has 0 spiro atoms. The van der Waals surface area contributed by atoms with E-state index in [0.717, 1.165) is 12.0 Å². The van der Waals surface area contributed by atoms with E-state index in [-0.39, 0.29) is 19.5 Å². The topological polar surface area (TPSA) is 35.5 Å². The maximum absolute atomic E-state index is 10.8. The second-order valence-electron chi connectivity index (χ2n) is 6.69. The molecule has 0 saturated carbocycles. The summed E-state index contributed by atoms with van der Waals surface area (Å²) in [6.45, 7) is 12.5. The second kappa shape index (κ2) is 10.6. The summed E-state index contributed by atoms with van der Waals surface area (Å²) < 4.78 is 11.2. The molecule has 0 amide bonds. The van der Waals surface area contributed by atoms with Crippen molar-refractivity contribution in [1.29, 1.82) is 0 Å². The summed E-state index contributed by atoms with van der Waals surface area (Å²) >= 11 is 0. The van der Waals surface area contributed by atoms with Crippen molar-refractivity contribution < 1.29 is 14.3 Å². The minimum absolute atomic E-state index is 0. The molecular weight excluding hydrogens is 300 g/mol. The molecule has 1 aliphatic rings. The summed E-state index contributed by atoms with van der Waals surface area (Å²) in [6, 6.07) is 7.57. The molecule has 2 rings (SSSR count). The predicted octanol–water partition coefficient (Wildman–Crippen LogP) is 5.51. The van der Waals surface area contributed by atoms with Gasteiger partial charge in [0.1, 0.15) is 0 Å². The lowest BCUT2D eigenvalue weighted by Gasteiger charge is -2.42. The van der Waals surface area contributed by atoms with E-state index in [0.29, 0.717) is 23.9 Å². The zero-order chi connectivity index (χ0) is 17.6.